The van der Waals surface area contributed by atoms with Crippen molar-refractivity contribution in [3.05, 3.63) is 0 Å². The summed E-state index contributed by atoms with van der Waals surface area (Å²) in [4.78, 5) is 0. The number of aliphatic hydroxyl groups is 2. The van der Waals surface area contributed by atoms with Crippen molar-refractivity contribution in [3.63, 3.8) is 0 Å². The van der Waals surface area contributed by atoms with Gasteiger partial charge in [0.05, 0.1) is 12.4 Å². The molecule has 3 N–H and O–H groups in total. The molecule has 0 aromatic carbocycles. The Hall–Kier alpha value is 0.790. The van der Waals surface area contributed by atoms with Crippen molar-refractivity contribution in [2.45, 2.75) is 12.7 Å². The maximum atomic E-state index is 10.1. The van der Waals surface area contributed by atoms with Crippen LogP contribution in [-0.4, -0.2) is 48.4 Å². The molecule has 0 rings (SSSR count). The standard InChI is InChI=1S/C5H12O6S.Na.H/c6-2-1-5(7)11-3-4-12(8,9)10;;/h5-7H,1-4H2,(H,8,9,10);;/q;+1;-1. The molecule has 0 fully saturated rings. The second-order valence-electron chi connectivity index (χ2n) is 2.12. The first-order valence-electron chi connectivity index (χ1n) is 3.31. The Balaban J connectivity index is -0.000000605. The van der Waals surface area contributed by atoms with Gasteiger partial charge in [-0.1, -0.05) is 0 Å². The number of hydrogen-bond donors (Lipinski definition) is 3. The van der Waals surface area contributed by atoms with Crippen molar-refractivity contribution in [3.8, 4) is 0 Å². The maximum Gasteiger partial charge on any atom is 1.00 e. The summed E-state index contributed by atoms with van der Waals surface area (Å²) in [5.41, 5.74) is 0. The van der Waals surface area contributed by atoms with E-state index in [0.29, 0.717) is 0 Å². The largest absolute Gasteiger partial charge is 1.00 e. The molecule has 76 valence electrons. The minimum Gasteiger partial charge on any atom is -1.00 e. The molecule has 0 amide bonds. The molecular formula is C5H13NaO6S. The molecule has 1 atom stereocenters. The molecule has 0 aliphatic heterocycles. The second kappa shape index (κ2) is 8.13. The van der Waals surface area contributed by atoms with Gasteiger partial charge in [0.25, 0.3) is 10.1 Å². The molecule has 0 bridgehead atoms. The third-order valence-corrected chi connectivity index (χ3v) is 1.71. The topological polar surface area (TPSA) is 104 Å². The van der Waals surface area contributed by atoms with E-state index in [2.05, 4.69) is 4.74 Å². The van der Waals surface area contributed by atoms with Crippen LogP contribution in [0.1, 0.15) is 7.85 Å². The molecular weight excluding hydrogens is 211 g/mol. The van der Waals surface area contributed by atoms with Crippen molar-refractivity contribution >= 4 is 10.1 Å². The first-order chi connectivity index (χ1) is 5.45. The van der Waals surface area contributed by atoms with Crippen LogP contribution >= 0.6 is 0 Å². The zero-order valence-corrected chi connectivity index (χ0v) is 10.2. The SMILES string of the molecule is O=S(=O)(O)CCOC(O)CCO.[H-].[Na+]. The van der Waals surface area contributed by atoms with Crippen molar-refractivity contribution in [2.75, 3.05) is 19.0 Å². The molecule has 0 saturated carbocycles. The van der Waals surface area contributed by atoms with Crippen molar-refractivity contribution in [1.29, 1.82) is 0 Å². The van der Waals surface area contributed by atoms with Crippen molar-refractivity contribution < 1.29 is 58.9 Å². The van der Waals surface area contributed by atoms with Gasteiger partial charge in [-0.3, -0.25) is 4.55 Å². The Morgan fingerprint density at radius 1 is 1.46 bits per heavy atom. The van der Waals surface area contributed by atoms with Crippen LogP contribution in [0.2, 0.25) is 0 Å². The fraction of sp³-hybridized carbons (Fsp3) is 1.00. The number of hydrogen-bond acceptors (Lipinski definition) is 5. The quantitative estimate of drug-likeness (QED) is 0.239. The molecule has 0 aliphatic rings. The summed E-state index contributed by atoms with van der Waals surface area (Å²) in [5, 5.41) is 17.1. The summed E-state index contributed by atoms with van der Waals surface area (Å²) in [7, 11) is -4.03. The predicted octanol–water partition coefficient (Wildman–Crippen LogP) is -4.29. The zero-order chi connectivity index (χ0) is 9.61. The molecule has 0 aromatic rings. The fourth-order valence-electron chi connectivity index (χ4n) is 0.483. The van der Waals surface area contributed by atoms with E-state index < -0.39 is 22.2 Å². The van der Waals surface area contributed by atoms with Gasteiger partial charge in [0.1, 0.15) is 0 Å². The molecule has 1 unspecified atom stereocenters. The van der Waals surface area contributed by atoms with Gasteiger partial charge in [0.15, 0.2) is 6.29 Å². The van der Waals surface area contributed by atoms with Gasteiger partial charge >= 0.3 is 29.6 Å². The first kappa shape index (κ1) is 16.2. The summed E-state index contributed by atoms with van der Waals surface area (Å²) >= 11 is 0. The van der Waals surface area contributed by atoms with Gasteiger partial charge in [0.2, 0.25) is 0 Å². The Bertz CT molecular complexity index is 208. The first-order valence-corrected chi connectivity index (χ1v) is 4.92. The second-order valence-corrected chi connectivity index (χ2v) is 3.70. The van der Waals surface area contributed by atoms with Crippen LogP contribution in [0.5, 0.6) is 0 Å². The minimum atomic E-state index is -4.03. The summed E-state index contributed by atoms with van der Waals surface area (Å²) in [6, 6.07) is 0. The van der Waals surface area contributed by atoms with Gasteiger partial charge in [-0.2, -0.15) is 8.42 Å². The third-order valence-electron chi connectivity index (χ3n) is 1.03. The minimum absolute atomic E-state index is 0. The van der Waals surface area contributed by atoms with Crippen LogP contribution in [0, 0.1) is 0 Å². The van der Waals surface area contributed by atoms with E-state index in [1.165, 1.54) is 0 Å². The Morgan fingerprint density at radius 2 is 2.00 bits per heavy atom. The van der Waals surface area contributed by atoms with E-state index in [9.17, 15) is 8.42 Å². The van der Waals surface area contributed by atoms with Crippen molar-refractivity contribution in [1.82, 2.24) is 0 Å². The molecule has 0 saturated heterocycles. The number of ether oxygens (including phenoxy) is 1. The van der Waals surface area contributed by atoms with E-state index in [4.69, 9.17) is 14.8 Å². The zero-order valence-electron chi connectivity index (χ0n) is 8.38. The maximum absolute atomic E-state index is 10.1. The summed E-state index contributed by atoms with van der Waals surface area (Å²) < 4.78 is 33.0. The number of aliphatic hydroxyl groups excluding tert-OH is 2. The average Bonchev–Trinajstić information content (AvgIpc) is 1.84. The Labute approximate surface area is 100 Å². The van der Waals surface area contributed by atoms with E-state index in [0.717, 1.165) is 0 Å². The molecule has 0 heterocycles. The molecule has 0 radical (unpaired) electrons. The van der Waals surface area contributed by atoms with Crippen LogP contribution < -0.4 is 29.6 Å². The molecule has 0 aromatic heterocycles. The monoisotopic (exact) mass is 224 g/mol. The summed E-state index contributed by atoms with van der Waals surface area (Å²) in [5.74, 6) is -0.560. The predicted molar refractivity (Wildman–Crippen MR) is 41.2 cm³/mol. The van der Waals surface area contributed by atoms with Crippen LogP contribution in [0.3, 0.4) is 0 Å². The smallest absolute Gasteiger partial charge is 1.00 e. The van der Waals surface area contributed by atoms with Crippen LogP contribution in [0.4, 0.5) is 0 Å². The van der Waals surface area contributed by atoms with Gasteiger partial charge < -0.3 is 16.4 Å². The van der Waals surface area contributed by atoms with E-state index in [1.807, 2.05) is 0 Å². The van der Waals surface area contributed by atoms with E-state index in [1.54, 1.807) is 0 Å². The molecule has 8 heteroatoms. The van der Waals surface area contributed by atoms with Crippen molar-refractivity contribution in [2.24, 2.45) is 0 Å². The summed E-state index contributed by atoms with van der Waals surface area (Å²) in [6.45, 7) is -0.535. The van der Waals surface area contributed by atoms with E-state index >= 15 is 0 Å². The summed E-state index contributed by atoms with van der Waals surface area (Å²) in [6.07, 6.45) is -1.16. The molecule has 6 nitrogen and oxygen atoms in total. The Kier molecular flexibility index (Phi) is 10.1. The Morgan fingerprint density at radius 3 is 2.38 bits per heavy atom. The van der Waals surface area contributed by atoms with Gasteiger partial charge in [-0.05, 0) is 0 Å². The van der Waals surface area contributed by atoms with Gasteiger partial charge in [-0.15, -0.1) is 0 Å². The van der Waals surface area contributed by atoms with Crippen LogP contribution in [0.25, 0.3) is 0 Å². The van der Waals surface area contributed by atoms with Gasteiger partial charge in [0, 0.05) is 13.0 Å². The van der Waals surface area contributed by atoms with Crippen LogP contribution in [-0.2, 0) is 14.9 Å². The normalized spacial score (nSPS) is 13.5. The fourth-order valence-corrected chi connectivity index (χ4v) is 0.790. The molecule has 13 heavy (non-hydrogen) atoms. The van der Waals surface area contributed by atoms with Gasteiger partial charge in [-0.25, -0.2) is 0 Å². The van der Waals surface area contributed by atoms with E-state index in [-0.39, 0.29) is 50.6 Å². The molecule has 0 spiro atoms. The van der Waals surface area contributed by atoms with Crippen LogP contribution in [0.15, 0.2) is 0 Å². The molecule has 0 aliphatic carbocycles. The average molecular weight is 224 g/mol. The number of rotatable bonds is 6. The third kappa shape index (κ3) is 12.8.